The van der Waals surface area contributed by atoms with Gasteiger partial charge in [0.1, 0.15) is 0 Å². The Balaban J connectivity index is 1.95. The van der Waals surface area contributed by atoms with E-state index < -0.39 is 0 Å². The van der Waals surface area contributed by atoms with E-state index in [2.05, 4.69) is 29.7 Å². The molecule has 2 aliphatic heterocycles. The number of carbonyl (C=O) groups is 1. The number of nitrogens with zero attached hydrogens (tertiary/aromatic N) is 4. The van der Waals surface area contributed by atoms with Crippen LogP contribution in [0.3, 0.4) is 0 Å². The van der Waals surface area contributed by atoms with Gasteiger partial charge in [-0.3, -0.25) is 14.6 Å². The maximum Gasteiger partial charge on any atom is 0.240 e. The van der Waals surface area contributed by atoms with Gasteiger partial charge in [0, 0.05) is 51.7 Å². The molecule has 23 heavy (non-hydrogen) atoms. The second-order valence-electron chi connectivity index (χ2n) is 6.68. The molecule has 130 valence electrons. The summed E-state index contributed by atoms with van der Waals surface area (Å²) in [5, 5.41) is 8.94. The lowest BCUT2D eigenvalue weighted by Crippen LogP contribution is -2.55. The highest BCUT2D eigenvalue weighted by Crippen LogP contribution is 2.20. The summed E-state index contributed by atoms with van der Waals surface area (Å²) in [4.78, 5) is 19.4. The first-order valence-corrected chi connectivity index (χ1v) is 8.85. The van der Waals surface area contributed by atoms with Gasteiger partial charge in [0.15, 0.2) is 0 Å². The third kappa shape index (κ3) is 5.17. The van der Waals surface area contributed by atoms with Gasteiger partial charge in [-0.1, -0.05) is 0 Å². The van der Waals surface area contributed by atoms with Crippen molar-refractivity contribution in [3.63, 3.8) is 0 Å². The van der Waals surface area contributed by atoms with Crippen LogP contribution in [0.15, 0.2) is 0 Å². The van der Waals surface area contributed by atoms with Gasteiger partial charge in [0.2, 0.25) is 5.91 Å². The van der Waals surface area contributed by atoms with E-state index in [0.29, 0.717) is 13.0 Å². The molecule has 2 heterocycles. The molecule has 6 nitrogen and oxygen atoms in total. The van der Waals surface area contributed by atoms with Crippen LogP contribution in [0.25, 0.3) is 0 Å². The Morgan fingerprint density at radius 2 is 2.04 bits per heavy atom. The van der Waals surface area contributed by atoms with Crippen molar-refractivity contribution in [2.75, 3.05) is 52.5 Å². The van der Waals surface area contributed by atoms with Crippen molar-refractivity contribution >= 4 is 5.91 Å². The van der Waals surface area contributed by atoms with E-state index >= 15 is 0 Å². The molecular weight excluding hydrogens is 292 g/mol. The zero-order chi connectivity index (χ0) is 16.7. The number of hydrogen-bond donors (Lipinski definition) is 0. The van der Waals surface area contributed by atoms with Crippen molar-refractivity contribution in [3.05, 3.63) is 0 Å². The van der Waals surface area contributed by atoms with E-state index in [0.717, 1.165) is 58.8 Å². The summed E-state index contributed by atoms with van der Waals surface area (Å²) in [5.74, 6) is 0.242. The van der Waals surface area contributed by atoms with Crippen molar-refractivity contribution in [1.29, 1.82) is 5.26 Å². The second-order valence-corrected chi connectivity index (χ2v) is 6.68. The summed E-state index contributed by atoms with van der Waals surface area (Å²) in [7, 11) is 0. The van der Waals surface area contributed by atoms with Crippen LogP contribution in [-0.4, -0.2) is 85.2 Å². The molecule has 0 aromatic heterocycles. The quantitative estimate of drug-likeness (QED) is 0.698. The van der Waals surface area contributed by atoms with Crippen LogP contribution in [0.1, 0.15) is 33.1 Å². The summed E-state index contributed by atoms with van der Waals surface area (Å²) in [5.41, 5.74) is 0. The van der Waals surface area contributed by atoms with E-state index in [9.17, 15) is 4.79 Å². The summed E-state index contributed by atoms with van der Waals surface area (Å²) in [6.45, 7) is 11.0. The fraction of sp³-hybridized carbons (Fsp3) is 0.882. The van der Waals surface area contributed by atoms with Crippen LogP contribution in [0.5, 0.6) is 0 Å². The monoisotopic (exact) mass is 322 g/mol. The maximum absolute atomic E-state index is 12.8. The molecule has 0 spiro atoms. The topological polar surface area (TPSA) is 59.8 Å². The Bertz CT molecular complexity index is 415. The minimum Gasteiger partial charge on any atom is -0.379 e. The molecule has 0 radical (unpaired) electrons. The summed E-state index contributed by atoms with van der Waals surface area (Å²) >= 11 is 0. The van der Waals surface area contributed by atoms with Crippen molar-refractivity contribution in [3.8, 4) is 6.07 Å². The largest absolute Gasteiger partial charge is 0.379 e. The first-order chi connectivity index (χ1) is 11.1. The third-order valence-corrected chi connectivity index (χ3v) is 4.83. The average Bonchev–Trinajstić information content (AvgIpc) is 2.56. The lowest BCUT2D eigenvalue weighted by Gasteiger charge is -2.41. The maximum atomic E-state index is 12.8. The van der Waals surface area contributed by atoms with E-state index in [1.54, 1.807) is 0 Å². The SMILES string of the molecule is CC(C)N1CCC[C@@H](N(CCC#N)CCN2CCOCC2)C1=O. The van der Waals surface area contributed by atoms with Crippen LogP contribution in [0.2, 0.25) is 0 Å². The first kappa shape index (κ1) is 18.2. The molecule has 2 rings (SSSR count). The van der Waals surface area contributed by atoms with Crippen molar-refractivity contribution < 1.29 is 9.53 Å². The Morgan fingerprint density at radius 3 is 2.70 bits per heavy atom. The predicted octanol–water partition coefficient (Wildman–Crippen LogP) is 0.934. The number of likely N-dealkylation sites (tertiary alicyclic amines) is 1. The van der Waals surface area contributed by atoms with Crippen LogP contribution in [-0.2, 0) is 9.53 Å². The zero-order valence-corrected chi connectivity index (χ0v) is 14.5. The number of piperidine rings is 1. The van der Waals surface area contributed by atoms with Crippen LogP contribution >= 0.6 is 0 Å². The van der Waals surface area contributed by atoms with Gasteiger partial charge >= 0.3 is 0 Å². The van der Waals surface area contributed by atoms with Crippen molar-refractivity contribution in [2.45, 2.75) is 45.2 Å². The minimum atomic E-state index is -0.0551. The number of rotatable bonds is 7. The molecule has 0 bridgehead atoms. The summed E-state index contributed by atoms with van der Waals surface area (Å²) in [6.07, 6.45) is 2.44. The summed E-state index contributed by atoms with van der Waals surface area (Å²) < 4.78 is 5.39. The fourth-order valence-electron chi connectivity index (χ4n) is 3.44. The average molecular weight is 322 g/mol. The molecule has 1 atom stereocenters. The molecule has 0 aliphatic carbocycles. The van der Waals surface area contributed by atoms with E-state index in [4.69, 9.17) is 10.00 Å². The second kappa shape index (κ2) is 9.21. The highest BCUT2D eigenvalue weighted by atomic mass is 16.5. The zero-order valence-electron chi connectivity index (χ0n) is 14.5. The number of nitriles is 1. The Labute approximate surface area is 140 Å². The molecule has 2 aliphatic rings. The standard InChI is InChI=1S/C17H30N4O2/c1-15(2)21-8-3-5-16(17(21)22)20(7-4-6-18)10-9-19-11-13-23-14-12-19/h15-16H,3-5,7-14H2,1-2H3/t16-/m1/s1. The van der Waals surface area contributed by atoms with Crippen LogP contribution < -0.4 is 0 Å². The molecule has 2 fully saturated rings. The highest BCUT2D eigenvalue weighted by Gasteiger charge is 2.34. The number of morpholine rings is 1. The number of amides is 1. The van der Waals surface area contributed by atoms with E-state index in [1.807, 2.05) is 4.90 Å². The normalized spacial score (nSPS) is 23.5. The highest BCUT2D eigenvalue weighted by molar-refractivity contribution is 5.82. The Hall–Kier alpha value is -1.16. The first-order valence-electron chi connectivity index (χ1n) is 8.85. The van der Waals surface area contributed by atoms with Crippen LogP contribution in [0.4, 0.5) is 0 Å². The Morgan fingerprint density at radius 1 is 1.30 bits per heavy atom. The van der Waals surface area contributed by atoms with E-state index in [1.165, 1.54) is 0 Å². The molecule has 0 saturated carbocycles. The summed E-state index contributed by atoms with van der Waals surface area (Å²) in [6, 6.07) is 2.42. The van der Waals surface area contributed by atoms with Crippen molar-refractivity contribution in [1.82, 2.24) is 14.7 Å². The lowest BCUT2D eigenvalue weighted by molar-refractivity contribution is -0.142. The molecule has 1 amide bonds. The molecule has 2 saturated heterocycles. The molecular formula is C17H30N4O2. The van der Waals surface area contributed by atoms with Gasteiger partial charge in [0.05, 0.1) is 25.3 Å². The minimum absolute atomic E-state index is 0.0551. The number of ether oxygens (including phenoxy) is 1. The Kier molecular flexibility index (Phi) is 7.28. The van der Waals surface area contributed by atoms with Gasteiger partial charge in [0.25, 0.3) is 0 Å². The van der Waals surface area contributed by atoms with Crippen molar-refractivity contribution in [2.24, 2.45) is 0 Å². The predicted molar refractivity (Wildman–Crippen MR) is 88.9 cm³/mol. The molecule has 0 aromatic rings. The smallest absolute Gasteiger partial charge is 0.240 e. The van der Waals surface area contributed by atoms with E-state index in [-0.39, 0.29) is 18.0 Å². The fourth-order valence-corrected chi connectivity index (χ4v) is 3.44. The van der Waals surface area contributed by atoms with Gasteiger partial charge in [-0.25, -0.2) is 0 Å². The van der Waals surface area contributed by atoms with Gasteiger partial charge in [-0.05, 0) is 26.7 Å². The van der Waals surface area contributed by atoms with Gasteiger partial charge < -0.3 is 9.64 Å². The van der Waals surface area contributed by atoms with Gasteiger partial charge in [-0.15, -0.1) is 0 Å². The van der Waals surface area contributed by atoms with Gasteiger partial charge in [-0.2, -0.15) is 5.26 Å². The molecule has 0 unspecified atom stereocenters. The number of carbonyl (C=O) groups excluding carboxylic acids is 1. The molecule has 0 aromatic carbocycles. The number of hydrogen-bond acceptors (Lipinski definition) is 5. The third-order valence-electron chi connectivity index (χ3n) is 4.83. The van der Waals surface area contributed by atoms with Crippen LogP contribution in [0, 0.1) is 11.3 Å². The molecule has 6 heteroatoms. The lowest BCUT2D eigenvalue weighted by atomic mass is 10.0. The molecule has 0 N–H and O–H groups in total.